The van der Waals surface area contributed by atoms with Gasteiger partial charge in [-0.3, -0.25) is 20.4 Å². The topological polar surface area (TPSA) is 104 Å². The second kappa shape index (κ2) is 13.2. The third-order valence-electron chi connectivity index (χ3n) is 5.18. The van der Waals surface area contributed by atoms with Gasteiger partial charge in [0.25, 0.3) is 11.8 Å². The molecule has 0 heterocycles. The van der Waals surface area contributed by atoms with E-state index in [0.717, 1.165) is 22.3 Å². The summed E-state index contributed by atoms with van der Waals surface area (Å²) in [7, 11) is 0. The van der Waals surface area contributed by atoms with Crippen molar-refractivity contribution in [2.75, 3.05) is 11.5 Å². The Labute approximate surface area is 188 Å². The molecule has 0 bridgehead atoms. The van der Waals surface area contributed by atoms with Crippen LogP contribution in [0.1, 0.15) is 62.7 Å². The zero-order chi connectivity index (χ0) is 21.9. The summed E-state index contributed by atoms with van der Waals surface area (Å²) in [6.45, 7) is 4.16. The third-order valence-corrected chi connectivity index (χ3v) is 7.55. The Morgan fingerprint density at radius 1 is 1.20 bits per heavy atom. The first-order valence-electron chi connectivity index (χ1n) is 10.7. The number of benzene rings is 1. The molecular formula is C22H35N3O3S2. The van der Waals surface area contributed by atoms with Gasteiger partial charge in [0.1, 0.15) is 6.10 Å². The van der Waals surface area contributed by atoms with Crippen molar-refractivity contribution in [3.63, 3.8) is 0 Å². The molecule has 0 spiro atoms. The summed E-state index contributed by atoms with van der Waals surface area (Å²) in [5.74, 6) is 1.47. The van der Waals surface area contributed by atoms with Crippen LogP contribution in [0.4, 0.5) is 0 Å². The van der Waals surface area contributed by atoms with Crippen molar-refractivity contribution in [1.29, 1.82) is 0 Å². The predicted octanol–water partition coefficient (Wildman–Crippen LogP) is 3.34. The van der Waals surface area contributed by atoms with Gasteiger partial charge in [0.2, 0.25) is 0 Å². The van der Waals surface area contributed by atoms with Crippen LogP contribution in [-0.4, -0.2) is 45.8 Å². The van der Waals surface area contributed by atoms with Crippen LogP contribution < -0.4 is 16.6 Å². The predicted molar refractivity (Wildman–Crippen MR) is 126 cm³/mol. The first kappa shape index (κ1) is 25.0. The summed E-state index contributed by atoms with van der Waals surface area (Å²) >= 11 is 3.50. The van der Waals surface area contributed by atoms with Crippen molar-refractivity contribution < 1.29 is 14.7 Å². The van der Waals surface area contributed by atoms with E-state index < -0.39 is 24.0 Å². The van der Waals surface area contributed by atoms with Gasteiger partial charge in [0.15, 0.2) is 0 Å². The average molecular weight is 454 g/mol. The first-order chi connectivity index (χ1) is 14.4. The first-order valence-corrected chi connectivity index (χ1v) is 12.8. The largest absolute Gasteiger partial charge is 0.382 e. The van der Waals surface area contributed by atoms with E-state index in [2.05, 4.69) is 24.7 Å². The number of aliphatic hydroxyl groups is 1. The number of hydrazine groups is 1. The molecule has 1 aromatic rings. The summed E-state index contributed by atoms with van der Waals surface area (Å²) in [5, 5.41) is 10.5. The van der Waals surface area contributed by atoms with E-state index in [1.165, 1.54) is 32.1 Å². The molecule has 1 aromatic carbocycles. The van der Waals surface area contributed by atoms with E-state index in [4.69, 9.17) is 5.73 Å². The summed E-state index contributed by atoms with van der Waals surface area (Å²) < 4.78 is 0. The lowest BCUT2D eigenvalue weighted by Crippen LogP contribution is -2.52. The van der Waals surface area contributed by atoms with E-state index in [1.807, 2.05) is 18.2 Å². The van der Waals surface area contributed by atoms with Crippen molar-refractivity contribution in [2.45, 2.75) is 74.7 Å². The van der Waals surface area contributed by atoms with Gasteiger partial charge in [-0.05, 0) is 54.4 Å². The van der Waals surface area contributed by atoms with Crippen molar-refractivity contribution in [1.82, 2.24) is 10.9 Å². The van der Waals surface area contributed by atoms with Gasteiger partial charge in [-0.25, -0.2) is 0 Å². The maximum Gasteiger partial charge on any atom is 0.269 e. The number of thioether (sulfide) groups is 2. The zero-order valence-electron chi connectivity index (χ0n) is 17.9. The van der Waals surface area contributed by atoms with Gasteiger partial charge in [-0.1, -0.05) is 39.2 Å². The molecule has 5 N–H and O–H groups in total. The quantitative estimate of drug-likeness (QED) is 0.320. The van der Waals surface area contributed by atoms with Crippen LogP contribution in [0.5, 0.6) is 0 Å². The molecule has 2 amide bonds. The van der Waals surface area contributed by atoms with Crippen LogP contribution in [0.2, 0.25) is 0 Å². The molecule has 0 aliphatic heterocycles. The fourth-order valence-electron chi connectivity index (χ4n) is 3.35. The van der Waals surface area contributed by atoms with Gasteiger partial charge in [0.05, 0.1) is 0 Å². The number of amides is 2. The number of hydrogen-bond donors (Lipinski definition) is 4. The normalized spacial score (nSPS) is 16.8. The van der Waals surface area contributed by atoms with E-state index in [1.54, 1.807) is 29.6 Å². The van der Waals surface area contributed by atoms with Gasteiger partial charge >= 0.3 is 0 Å². The standard InChI is InChI=1S/C22H35N3O3S2/c1-15(2)29-12-11-19(23)20(26)22(28)25-24-21(27)17-9-6-10-18(13-17)30-14-16-7-4-3-5-8-16/h6,9-10,13,15-16,19-20,26H,3-5,7-8,11-12,14,23H2,1-2H3,(H,24,27)(H,25,28)/t19-,20?/m1/s1. The molecule has 1 aliphatic rings. The smallest absolute Gasteiger partial charge is 0.269 e. The number of nitrogens with one attached hydrogen (secondary N) is 2. The molecular weight excluding hydrogens is 418 g/mol. The van der Waals surface area contributed by atoms with Crippen molar-refractivity contribution in [3.8, 4) is 0 Å². The number of carbonyl (C=O) groups is 2. The highest BCUT2D eigenvalue weighted by Gasteiger charge is 2.23. The highest BCUT2D eigenvalue weighted by atomic mass is 32.2. The van der Waals surface area contributed by atoms with Gasteiger partial charge in [-0.15, -0.1) is 11.8 Å². The highest BCUT2D eigenvalue weighted by molar-refractivity contribution is 7.99. The molecule has 1 unspecified atom stereocenters. The molecule has 168 valence electrons. The number of nitrogens with two attached hydrogens (primary N) is 1. The van der Waals surface area contributed by atoms with Crippen molar-refractivity contribution in [3.05, 3.63) is 29.8 Å². The molecule has 30 heavy (non-hydrogen) atoms. The third kappa shape index (κ3) is 8.88. The fraction of sp³-hybridized carbons (Fsp3) is 0.636. The Hall–Kier alpha value is -1.22. The van der Waals surface area contributed by atoms with Crippen molar-refractivity contribution >= 4 is 35.3 Å². The Morgan fingerprint density at radius 3 is 2.63 bits per heavy atom. The van der Waals surface area contributed by atoms with Crippen LogP contribution in [0.25, 0.3) is 0 Å². The minimum absolute atomic E-state index is 0.417. The van der Waals surface area contributed by atoms with Gasteiger partial charge in [0, 0.05) is 22.3 Å². The number of carbonyl (C=O) groups excluding carboxylic acids is 2. The van der Waals surface area contributed by atoms with E-state index >= 15 is 0 Å². The number of rotatable bonds is 10. The van der Waals surface area contributed by atoms with Crippen molar-refractivity contribution in [2.24, 2.45) is 11.7 Å². The molecule has 1 aliphatic carbocycles. The van der Waals surface area contributed by atoms with Crippen LogP contribution >= 0.6 is 23.5 Å². The highest BCUT2D eigenvalue weighted by Crippen LogP contribution is 2.30. The average Bonchev–Trinajstić information content (AvgIpc) is 2.75. The summed E-state index contributed by atoms with van der Waals surface area (Å²) in [6.07, 6.45) is 5.72. The Kier molecular flexibility index (Phi) is 11.1. The van der Waals surface area contributed by atoms with E-state index in [0.29, 0.717) is 17.2 Å². The minimum Gasteiger partial charge on any atom is -0.382 e. The second-order valence-electron chi connectivity index (χ2n) is 8.10. The molecule has 0 saturated heterocycles. The zero-order valence-corrected chi connectivity index (χ0v) is 19.6. The molecule has 1 fully saturated rings. The Balaban J connectivity index is 1.77. The Bertz CT molecular complexity index is 681. The van der Waals surface area contributed by atoms with Crippen LogP contribution in [-0.2, 0) is 4.79 Å². The van der Waals surface area contributed by atoms with E-state index in [-0.39, 0.29) is 0 Å². The summed E-state index contributed by atoms with van der Waals surface area (Å²) in [4.78, 5) is 25.5. The maximum absolute atomic E-state index is 12.4. The number of aliphatic hydroxyl groups excluding tert-OH is 1. The van der Waals surface area contributed by atoms with E-state index in [9.17, 15) is 14.7 Å². The van der Waals surface area contributed by atoms with Crippen LogP contribution in [0, 0.1) is 5.92 Å². The monoisotopic (exact) mass is 453 g/mol. The minimum atomic E-state index is -1.37. The van der Waals surface area contributed by atoms with Gasteiger partial charge in [-0.2, -0.15) is 11.8 Å². The maximum atomic E-state index is 12.4. The summed E-state index contributed by atoms with van der Waals surface area (Å²) in [5.41, 5.74) is 11.0. The Morgan fingerprint density at radius 2 is 1.93 bits per heavy atom. The lowest BCUT2D eigenvalue weighted by atomic mass is 9.91. The SMILES string of the molecule is CC(C)SCC[C@@H](N)C(O)C(=O)NNC(=O)c1cccc(SCC2CCCCC2)c1. The lowest BCUT2D eigenvalue weighted by molar-refractivity contribution is -0.131. The molecule has 2 atom stereocenters. The molecule has 1 saturated carbocycles. The summed E-state index contributed by atoms with van der Waals surface area (Å²) in [6, 6.07) is 6.71. The van der Waals surface area contributed by atoms with Crippen LogP contribution in [0.3, 0.4) is 0 Å². The molecule has 8 heteroatoms. The van der Waals surface area contributed by atoms with Gasteiger partial charge < -0.3 is 10.8 Å². The molecule has 2 rings (SSSR count). The second-order valence-corrected chi connectivity index (χ2v) is 10.9. The molecule has 0 aromatic heterocycles. The molecule has 6 nitrogen and oxygen atoms in total. The van der Waals surface area contributed by atoms with Crippen LogP contribution in [0.15, 0.2) is 29.2 Å². The molecule has 0 radical (unpaired) electrons. The fourth-order valence-corrected chi connectivity index (χ4v) is 5.38. The number of hydrogen-bond acceptors (Lipinski definition) is 6. The lowest BCUT2D eigenvalue weighted by Gasteiger charge is -2.21.